The molecule has 2 rings (SSSR count). The first-order valence-corrected chi connectivity index (χ1v) is 6.48. The normalized spacial score (nSPS) is 12.9. The van der Waals surface area contributed by atoms with Gasteiger partial charge in [0.2, 0.25) is 5.91 Å². The summed E-state index contributed by atoms with van der Waals surface area (Å²) in [5, 5.41) is 13.6. The maximum Gasteiger partial charge on any atom is 0.251 e. The molecule has 0 saturated carbocycles. The van der Waals surface area contributed by atoms with E-state index in [0.29, 0.717) is 5.56 Å². The fourth-order valence-electron chi connectivity index (χ4n) is 2.23. The van der Waals surface area contributed by atoms with Crippen LogP contribution in [0.2, 0.25) is 0 Å². The zero-order chi connectivity index (χ0) is 13.7. The molecule has 0 aromatic heterocycles. The van der Waals surface area contributed by atoms with E-state index in [1.165, 1.54) is 11.1 Å². The van der Waals surface area contributed by atoms with Gasteiger partial charge < -0.3 is 15.7 Å². The number of fused-ring (bicyclic) bond motifs is 1. The smallest absolute Gasteiger partial charge is 0.251 e. The molecule has 102 valence electrons. The Labute approximate surface area is 112 Å². The molecule has 1 aromatic carbocycles. The highest BCUT2D eigenvalue weighted by atomic mass is 16.3. The van der Waals surface area contributed by atoms with Gasteiger partial charge in [-0.3, -0.25) is 9.59 Å². The van der Waals surface area contributed by atoms with Gasteiger partial charge in [-0.25, -0.2) is 0 Å². The number of hydrogen-bond donors (Lipinski definition) is 3. The molecule has 5 heteroatoms. The van der Waals surface area contributed by atoms with Gasteiger partial charge in [-0.2, -0.15) is 0 Å². The first-order valence-electron chi connectivity index (χ1n) is 6.48. The first-order chi connectivity index (χ1) is 9.20. The molecule has 0 bridgehead atoms. The van der Waals surface area contributed by atoms with Crippen LogP contribution < -0.4 is 10.6 Å². The van der Waals surface area contributed by atoms with E-state index in [2.05, 4.69) is 10.6 Å². The zero-order valence-electron chi connectivity index (χ0n) is 10.7. The Morgan fingerprint density at radius 2 is 1.95 bits per heavy atom. The molecule has 0 spiro atoms. The molecule has 19 heavy (non-hydrogen) atoms. The lowest BCUT2D eigenvalue weighted by Gasteiger charge is -2.07. The summed E-state index contributed by atoms with van der Waals surface area (Å²) >= 11 is 0. The number of rotatable bonds is 5. The summed E-state index contributed by atoms with van der Waals surface area (Å²) < 4.78 is 0. The van der Waals surface area contributed by atoms with Crippen molar-refractivity contribution in [2.75, 3.05) is 19.7 Å². The number of carbonyl (C=O) groups is 2. The second-order valence-electron chi connectivity index (χ2n) is 4.59. The van der Waals surface area contributed by atoms with Crippen molar-refractivity contribution in [3.8, 4) is 0 Å². The van der Waals surface area contributed by atoms with Crippen LogP contribution in [0.5, 0.6) is 0 Å². The fraction of sp³-hybridized carbons (Fsp3) is 0.429. The van der Waals surface area contributed by atoms with E-state index in [-0.39, 0.29) is 31.5 Å². The Morgan fingerprint density at radius 3 is 2.74 bits per heavy atom. The van der Waals surface area contributed by atoms with Crippen molar-refractivity contribution in [1.29, 1.82) is 0 Å². The van der Waals surface area contributed by atoms with Gasteiger partial charge in [-0.1, -0.05) is 6.07 Å². The van der Waals surface area contributed by atoms with Gasteiger partial charge in [0.05, 0.1) is 13.2 Å². The third-order valence-electron chi connectivity index (χ3n) is 3.20. The molecule has 0 fully saturated rings. The van der Waals surface area contributed by atoms with Crippen LogP contribution >= 0.6 is 0 Å². The van der Waals surface area contributed by atoms with Gasteiger partial charge in [-0.15, -0.1) is 0 Å². The molecule has 1 aliphatic carbocycles. The number of aryl methyl sites for hydroxylation is 2. The van der Waals surface area contributed by atoms with Crippen LogP contribution in [-0.4, -0.2) is 36.6 Å². The maximum absolute atomic E-state index is 11.9. The van der Waals surface area contributed by atoms with E-state index in [1.807, 2.05) is 12.1 Å². The molecule has 2 amide bonds. The van der Waals surface area contributed by atoms with Gasteiger partial charge >= 0.3 is 0 Å². The summed E-state index contributed by atoms with van der Waals surface area (Å²) in [5.41, 5.74) is 3.14. The molecular formula is C14H18N2O3. The summed E-state index contributed by atoms with van der Waals surface area (Å²) in [6.07, 6.45) is 3.25. The molecule has 5 nitrogen and oxygen atoms in total. The van der Waals surface area contributed by atoms with Gasteiger partial charge in [0.25, 0.3) is 5.91 Å². The largest absolute Gasteiger partial charge is 0.395 e. The van der Waals surface area contributed by atoms with E-state index >= 15 is 0 Å². The Hall–Kier alpha value is -1.88. The van der Waals surface area contributed by atoms with Gasteiger partial charge in [0, 0.05) is 12.1 Å². The molecule has 0 heterocycles. The standard InChI is InChI=1S/C14H18N2O3/c17-7-6-15-13(18)9-16-14(19)12-5-4-10-2-1-3-11(10)8-12/h4-5,8,17H,1-3,6-7,9H2,(H,15,18)(H,16,19). The Bertz CT molecular complexity index is 486. The molecule has 0 atom stereocenters. The van der Waals surface area contributed by atoms with Crippen LogP contribution in [-0.2, 0) is 17.6 Å². The lowest BCUT2D eigenvalue weighted by atomic mass is 10.1. The van der Waals surface area contributed by atoms with Crippen LogP contribution in [0.15, 0.2) is 18.2 Å². The highest BCUT2D eigenvalue weighted by Crippen LogP contribution is 2.22. The third kappa shape index (κ3) is 3.54. The van der Waals surface area contributed by atoms with E-state index in [1.54, 1.807) is 6.07 Å². The minimum Gasteiger partial charge on any atom is -0.395 e. The predicted octanol–water partition coefficient (Wildman–Crippen LogP) is 0.0136. The van der Waals surface area contributed by atoms with E-state index in [0.717, 1.165) is 19.3 Å². The van der Waals surface area contributed by atoms with Crippen LogP contribution in [0.1, 0.15) is 27.9 Å². The van der Waals surface area contributed by atoms with E-state index in [4.69, 9.17) is 5.11 Å². The number of benzene rings is 1. The molecule has 0 unspecified atom stereocenters. The van der Waals surface area contributed by atoms with Crippen LogP contribution in [0.25, 0.3) is 0 Å². The number of aliphatic hydroxyl groups is 1. The van der Waals surface area contributed by atoms with Crippen molar-refractivity contribution in [3.05, 3.63) is 34.9 Å². The highest BCUT2D eigenvalue weighted by Gasteiger charge is 2.14. The summed E-state index contributed by atoms with van der Waals surface area (Å²) in [6.45, 7) is 0.0218. The minimum atomic E-state index is -0.302. The van der Waals surface area contributed by atoms with Gasteiger partial charge in [0.1, 0.15) is 0 Å². The molecule has 0 aliphatic heterocycles. The van der Waals surface area contributed by atoms with Crippen molar-refractivity contribution < 1.29 is 14.7 Å². The highest BCUT2D eigenvalue weighted by molar-refractivity contribution is 5.96. The molecular weight excluding hydrogens is 244 g/mol. The van der Waals surface area contributed by atoms with Crippen LogP contribution in [0.4, 0.5) is 0 Å². The Balaban J connectivity index is 1.88. The summed E-state index contributed by atoms with van der Waals surface area (Å²) in [4.78, 5) is 23.2. The molecule has 0 radical (unpaired) electrons. The topological polar surface area (TPSA) is 78.4 Å². The second-order valence-corrected chi connectivity index (χ2v) is 4.59. The van der Waals surface area contributed by atoms with Crippen molar-refractivity contribution >= 4 is 11.8 Å². The third-order valence-corrected chi connectivity index (χ3v) is 3.20. The monoisotopic (exact) mass is 262 g/mol. The summed E-state index contributed by atoms with van der Waals surface area (Å²) in [6, 6.07) is 5.69. The average molecular weight is 262 g/mol. The van der Waals surface area contributed by atoms with Gasteiger partial charge in [0.15, 0.2) is 0 Å². The Morgan fingerprint density at radius 1 is 1.16 bits per heavy atom. The molecule has 1 aromatic rings. The SMILES string of the molecule is O=C(CNC(=O)c1ccc2c(c1)CCC2)NCCO. The number of aliphatic hydroxyl groups excluding tert-OH is 1. The van der Waals surface area contributed by atoms with E-state index in [9.17, 15) is 9.59 Å². The quantitative estimate of drug-likeness (QED) is 0.699. The van der Waals surface area contributed by atoms with Crippen molar-refractivity contribution in [1.82, 2.24) is 10.6 Å². The van der Waals surface area contributed by atoms with Gasteiger partial charge in [-0.05, 0) is 42.5 Å². The van der Waals surface area contributed by atoms with Crippen LogP contribution in [0, 0.1) is 0 Å². The van der Waals surface area contributed by atoms with Crippen molar-refractivity contribution in [2.45, 2.75) is 19.3 Å². The molecule has 1 aliphatic rings. The summed E-state index contributed by atoms with van der Waals surface area (Å²) in [7, 11) is 0. The number of hydrogen-bond acceptors (Lipinski definition) is 3. The molecule has 0 saturated heterocycles. The van der Waals surface area contributed by atoms with Crippen LogP contribution in [0.3, 0.4) is 0 Å². The van der Waals surface area contributed by atoms with Crippen molar-refractivity contribution in [2.24, 2.45) is 0 Å². The first kappa shape index (κ1) is 13.5. The minimum absolute atomic E-state index is 0.0735. The average Bonchev–Trinajstić information content (AvgIpc) is 2.89. The maximum atomic E-state index is 11.9. The van der Waals surface area contributed by atoms with E-state index < -0.39 is 0 Å². The number of amides is 2. The fourth-order valence-corrected chi connectivity index (χ4v) is 2.23. The van der Waals surface area contributed by atoms with Crippen molar-refractivity contribution in [3.63, 3.8) is 0 Å². The number of carbonyl (C=O) groups excluding carboxylic acids is 2. The predicted molar refractivity (Wildman–Crippen MR) is 70.9 cm³/mol. The summed E-state index contributed by atoms with van der Waals surface area (Å²) in [5.74, 6) is -0.544. The lowest BCUT2D eigenvalue weighted by molar-refractivity contribution is -0.120. The Kier molecular flexibility index (Phi) is 4.52. The zero-order valence-corrected chi connectivity index (χ0v) is 10.7. The molecule has 3 N–H and O–H groups in total. The number of nitrogens with one attached hydrogen (secondary N) is 2. The second kappa shape index (κ2) is 6.33. The lowest BCUT2D eigenvalue weighted by Crippen LogP contribution is -2.38.